The zero-order valence-electron chi connectivity index (χ0n) is 31.0. The number of hydrogen-bond donors (Lipinski definition) is 2. The molecule has 3 aromatic carbocycles. The number of nitrogens with zero attached hydrogens (tertiary/aromatic N) is 4. The third-order valence-corrected chi connectivity index (χ3v) is 8.95. The molecule has 1 atom stereocenters. The van der Waals surface area contributed by atoms with Gasteiger partial charge >= 0.3 is 6.09 Å². The van der Waals surface area contributed by atoms with Gasteiger partial charge in [0.1, 0.15) is 22.8 Å². The number of benzene rings is 3. The quantitative estimate of drug-likeness (QED) is 0.148. The highest BCUT2D eigenvalue weighted by molar-refractivity contribution is 6.05. The van der Waals surface area contributed by atoms with Crippen LogP contribution in [0.15, 0.2) is 79.0 Å². The molecule has 1 aliphatic rings. The summed E-state index contributed by atoms with van der Waals surface area (Å²) in [6.45, 7) is 13.4. The number of pyridine rings is 1. The maximum absolute atomic E-state index is 13.4. The molecule has 1 unspecified atom stereocenters. The van der Waals surface area contributed by atoms with Crippen LogP contribution in [0.2, 0.25) is 0 Å². The van der Waals surface area contributed by atoms with Crippen LogP contribution in [0.25, 0.3) is 11.0 Å². The number of aryl methyl sites for hydroxylation is 1. The molecular formula is C41H48N6O5. The van der Waals surface area contributed by atoms with Crippen molar-refractivity contribution in [1.82, 2.24) is 19.7 Å². The van der Waals surface area contributed by atoms with Gasteiger partial charge < -0.3 is 29.7 Å². The molecule has 2 aromatic heterocycles. The molecule has 52 heavy (non-hydrogen) atoms. The van der Waals surface area contributed by atoms with E-state index in [1.165, 1.54) is 5.56 Å². The minimum absolute atomic E-state index is 0.205. The number of likely N-dealkylation sites (tertiary alicyclic amines) is 1. The summed E-state index contributed by atoms with van der Waals surface area (Å²) >= 11 is 0. The van der Waals surface area contributed by atoms with Gasteiger partial charge in [-0.05, 0) is 112 Å². The van der Waals surface area contributed by atoms with Crippen LogP contribution in [0.5, 0.6) is 11.6 Å². The van der Waals surface area contributed by atoms with Gasteiger partial charge in [-0.1, -0.05) is 38.1 Å². The molecule has 0 bridgehead atoms. The van der Waals surface area contributed by atoms with Crippen LogP contribution in [-0.2, 0) is 11.3 Å². The van der Waals surface area contributed by atoms with Crippen molar-refractivity contribution in [2.75, 3.05) is 30.8 Å². The molecule has 1 aliphatic heterocycles. The third kappa shape index (κ3) is 8.65. The predicted molar refractivity (Wildman–Crippen MR) is 204 cm³/mol. The van der Waals surface area contributed by atoms with Crippen molar-refractivity contribution >= 4 is 40.1 Å². The molecule has 3 heterocycles. The summed E-state index contributed by atoms with van der Waals surface area (Å²) in [6.07, 6.45) is 2.60. The Morgan fingerprint density at radius 1 is 1.00 bits per heavy atom. The van der Waals surface area contributed by atoms with Gasteiger partial charge in [0.05, 0.1) is 25.9 Å². The highest BCUT2D eigenvalue weighted by Crippen LogP contribution is 2.35. The Kier molecular flexibility index (Phi) is 10.7. The molecule has 6 rings (SSSR count). The Morgan fingerprint density at radius 2 is 1.79 bits per heavy atom. The standard InChI is InChI=1S/C41H48N6O5/c1-26(2)34-18-15-31(22-27(34)3)44-38(48)29-10-8-11-30(23-29)43-35-19-20-42-37-36(35)39(45-47(37)24-28-13-16-32(50-7)17-14-28)51-33-12-9-21-46(25-33)40(49)52-41(4,5)6/h8,10-11,13-20,22-23,26,33H,9,12,21,24-25H2,1-7H3,(H,42,43)(H,44,48). The zero-order chi connectivity index (χ0) is 37.0. The molecule has 0 saturated carbocycles. The van der Waals surface area contributed by atoms with E-state index in [4.69, 9.17) is 24.3 Å². The van der Waals surface area contributed by atoms with Crippen LogP contribution in [-0.4, -0.2) is 63.6 Å². The fraction of sp³-hybridized carbons (Fsp3) is 0.366. The monoisotopic (exact) mass is 704 g/mol. The summed E-state index contributed by atoms with van der Waals surface area (Å²) in [5, 5.41) is 12.2. The average Bonchev–Trinajstić information content (AvgIpc) is 3.45. The van der Waals surface area contributed by atoms with Gasteiger partial charge in [0, 0.05) is 29.7 Å². The summed E-state index contributed by atoms with van der Waals surface area (Å²) in [6, 6.07) is 23.1. The number of hydrogen-bond acceptors (Lipinski definition) is 8. The van der Waals surface area contributed by atoms with E-state index in [2.05, 4.69) is 37.5 Å². The van der Waals surface area contributed by atoms with E-state index in [0.717, 1.165) is 41.1 Å². The van der Waals surface area contributed by atoms with Crippen LogP contribution >= 0.6 is 0 Å². The lowest BCUT2D eigenvalue weighted by Crippen LogP contribution is -2.46. The average molecular weight is 705 g/mol. The first kappa shape index (κ1) is 36.2. The molecule has 1 fully saturated rings. The van der Waals surface area contributed by atoms with Crippen molar-refractivity contribution in [2.45, 2.75) is 78.6 Å². The maximum atomic E-state index is 13.4. The molecule has 1 saturated heterocycles. The zero-order valence-corrected chi connectivity index (χ0v) is 31.0. The molecule has 272 valence electrons. The van der Waals surface area contributed by atoms with Gasteiger partial charge in [0.2, 0.25) is 5.88 Å². The number of rotatable bonds is 10. The van der Waals surface area contributed by atoms with E-state index in [-0.39, 0.29) is 18.1 Å². The predicted octanol–water partition coefficient (Wildman–Crippen LogP) is 8.69. The Morgan fingerprint density at radius 3 is 2.50 bits per heavy atom. The molecule has 2 amide bonds. The van der Waals surface area contributed by atoms with Crippen molar-refractivity contribution in [3.63, 3.8) is 0 Å². The second-order valence-electron chi connectivity index (χ2n) is 14.6. The van der Waals surface area contributed by atoms with Gasteiger partial charge in [-0.15, -0.1) is 5.10 Å². The molecule has 2 N–H and O–H groups in total. The normalized spacial score (nSPS) is 14.7. The lowest BCUT2D eigenvalue weighted by molar-refractivity contribution is 0.00732. The number of nitrogens with one attached hydrogen (secondary N) is 2. The van der Waals surface area contributed by atoms with Crippen LogP contribution in [0, 0.1) is 6.92 Å². The van der Waals surface area contributed by atoms with E-state index in [9.17, 15) is 9.59 Å². The van der Waals surface area contributed by atoms with Gasteiger partial charge in [-0.25, -0.2) is 14.5 Å². The largest absolute Gasteiger partial charge is 0.497 e. The van der Waals surface area contributed by atoms with E-state index in [1.807, 2.05) is 86.1 Å². The van der Waals surface area contributed by atoms with Crippen molar-refractivity contribution in [3.05, 3.63) is 101 Å². The minimum Gasteiger partial charge on any atom is -0.497 e. The number of piperidine rings is 1. The van der Waals surface area contributed by atoms with Crippen LogP contribution < -0.4 is 20.1 Å². The first-order valence-corrected chi connectivity index (χ1v) is 17.8. The van der Waals surface area contributed by atoms with E-state index in [0.29, 0.717) is 53.7 Å². The number of anilines is 3. The highest BCUT2D eigenvalue weighted by atomic mass is 16.6. The topological polar surface area (TPSA) is 120 Å². The lowest BCUT2D eigenvalue weighted by atomic mass is 9.97. The maximum Gasteiger partial charge on any atom is 0.410 e. The number of carbonyl (C=O) groups is 2. The third-order valence-electron chi connectivity index (χ3n) is 8.95. The summed E-state index contributed by atoms with van der Waals surface area (Å²) in [5.74, 6) is 1.37. The van der Waals surface area contributed by atoms with Crippen LogP contribution in [0.1, 0.15) is 80.4 Å². The number of methoxy groups -OCH3 is 1. The summed E-state index contributed by atoms with van der Waals surface area (Å²) < 4.78 is 19.4. The first-order chi connectivity index (χ1) is 24.9. The second-order valence-corrected chi connectivity index (χ2v) is 14.6. The SMILES string of the molecule is COc1ccc(Cn2nc(OC3CCCN(C(=O)OC(C)(C)C)C3)c3c(Nc4cccc(C(=O)Nc5ccc(C(C)C)c(C)c5)c4)ccnc32)cc1. The molecule has 0 radical (unpaired) electrons. The Labute approximate surface area is 305 Å². The molecule has 11 heteroatoms. The van der Waals surface area contributed by atoms with E-state index >= 15 is 0 Å². The summed E-state index contributed by atoms with van der Waals surface area (Å²) in [5.41, 5.74) is 6.14. The van der Waals surface area contributed by atoms with E-state index in [1.54, 1.807) is 24.3 Å². The lowest BCUT2D eigenvalue weighted by Gasteiger charge is -2.33. The summed E-state index contributed by atoms with van der Waals surface area (Å²) in [4.78, 5) is 32.7. The second kappa shape index (κ2) is 15.3. The summed E-state index contributed by atoms with van der Waals surface area (Å²) in [7, 11) is 1.64. The molecule has 0 spiro atoms. The number of aromatic nitrogens is 3. The number of amides is 2. The Balaban J connectivity index is 1.28. The van der Waals surface area contributed by atoms with E-state index < -0.39 is 5.60 Å². The molecule has 11 nitrogen and oxygen atoms in total. The Hall–Kier alpha value is -5.58. The van der Waals surface area contributed by atoms with Crippen molar-refractivity contribution in [1.29, 1.82) is 0 Å². The number of carbonyl (C=O) groups excluding carboxylic acids is 2. The van der Waals surface area contributed by atoms with Gasteiger partial charge in [-0.2, -0.15) is 0 Å². The highest BCUT2D eigenvalue weighted by Gasteiger charge is 2.30. The van der Waals surface area contributed by atoms with Gasteiger partial charge in [0.25, 0.3) is 5.91 Å². The smallest absolute Gasteiger partial charge is 0.410 e. The molecule has 5 aromatic rings. The fourth-order valence-electron chi connectivity index (χ4n) is 6.45. The molecule has 0 aliphatic carbocycles. The van der Waals surface area contributed by atoms with Crippen molar-refractivity contribution in [2.24, 2.45) is 0 Å². The Bertz CT molecular complexity index is 2050. The first-order valence-electron chi connectivity index (χ1n) is 17.8. The van der Waals surface area contributed by atoms with Crippen molar-refractivity contribution < 1.29 is 23.8 Å². The van der Waals surface area contributed by atoms with Gasteiger partial charge in [-0.3, -0.25) is 4.79 Å². The fourth-order valence-corrected chi connectivity index (χ4v) is 6.45. The van der Waals surface area contributed by atoms with Gasteiger partial charge in [0.15, 0.2) is 5.65 Å². The number of ether oxygens (including phenoxy) is 3. The van der Waals surface area contributed by atoms with Crippen LogP contribution in [0.4, 0.5) is 21.9 Å². The van der Waals surface area contributed by atoms with Crippen LogP contribution in [0.3, 0.4) is 0 Å². The van der Waals surface area contributed by atoms with Crippen molar-refractivity contribution in [3.8, 4) is 11.6 Å². The number of fused-ring (bicyclic) bond motifs is 1. The molecular weight excluding hydrogens is 656 g/mol. The minimum atomic E-state index is -0.594.